The van der Waals surface area contributed by atoms with Crippen molar-refractivity contribution < 1.29 is 22.7 Å². The molecule has 3 rings (SSSR count). The van der Waals surface area contributed by atoms with Crippen molar-refractivity contribution >= 4 is 21.9 Å². The van der Waals surface area contributed by atoms with E-state index in [1.807, 2.05) is 0 Å². The first kappa shape index (κ1) is 18.8. The predicted octanol–water partition coefficient (Wildman–Crippen LogP) is 1.69. The average molecular weight is 380 g/mol. The highest BCUT2D eigenvalue weighted by Gasteiger charge is 2.28. The molecule has 8 heteroatoms. The third-order valence-electron chi connectivity index (χ3n) is 4.58. The van der Waals surface area contributed by atoms with Gasteiger partial charge in [-0.1, -0.05) is 12.8 Å². The standard InChI is InChI=1S/C18H24N2O5S/c21-17(20-11-3-1-2-4-12-20)13-25-18(22)14-5-9-16(10-6-14)26(23,24)19-15-7-8-15/h5-6,9-10,15,19H,1-4,7-8,11-13H2. The van der Waals surface area contributed by atoms with Crippen LogP contribution in [0.5, 0.6) is 0 Å². The largest absolute Gasteiger partial charge is 0.452 e. The fourth-order valence-corrected chi connectivity index (χ4v) is 4.19. The van der Waals surface area contributed by atoms with E-state index in [0.717, 1.165) is 38.5 Å². The molecule has 0 aromatic heterocycles. The van der Waals surface area contributed by atoms with E-state index >= 15 is 0 Å². The van der Waals surface area contributed by atoms with Gasteiger partial charge in [-0.3, -0.25) is 4.79 Å². The van der Waals surface area contributed by atoms with Gasteiger partial charge in [-0.15, -0.1) is 0 Å². The summed E-state index contributed by atoms with van der Waals surface area (Å²) >= 11 is 0. The van der Waals surface area contributed by atoms with Crippen LogP contribution in [0, 0.1) is 0 Å². The molecule has 1 aliphatic carbocycles. The van der Waals surface area contributed by atoms with Crippen molar-refractivity contribution in [2.75, 3.05) is 19.7 Å². The van der Waals surface area contributed by atoms with E-state index in [0.29, 0.717) is 13.1 Å². The van der Waals surface area contributed by atoms with Gasteiger partial charge in [0, 0.05) is 19.1 Å². The van der Waals surface area contributed by atoms with Gasteiger partial charge >= 0.3 is 5.97 Å². The molecule has 1 amide bonds. The summed E-state index contributed by atoms with van der Waals surface area (Å²) in [5.41, 5.74) is 0.221. The molecule has 0 spiro atoms. The van der Waals surface area contributed by atoms with Crippen molar-refractivity contribution in [1.82, 2.24) is 9.62 Å². The summed E-state index contributed by atoms with van der Waals surface area (Å²) in [6.45, 7) is 1.12. The Morgan fingerprint density at radius 2 is 1.65 bits per heavy atom. The molecule has 1 heterocycles. The summed E-state index contributed by atoms with van der Waals surface area (Å²) in [4.78, 5) is 26.1. The van der Waals surface area contributed by atoms with Gasteiger partial charge < -0.3 is 9.64 Å². The molecule has 0 radical (unpaired) electrons. The fourth-order valence-electron chi connectivity index (χ4n) is 2.88. The number of esters is 1. The molecule has 1 N–H and O–H groups in total. The van der Waals surface area contributed by atoms with E-state index in [2.05, 4.69) is 4.72 Å². The lowest BCUT2D eigenvalue weighted by atomic mass is 10.2. The Morgan fingerprint density at radius 3 is 2.23 bits per heavy atom. The molecule has 142 valence electrons. The number of nitrogens with zero attached hydrogens (tertiary/aromatic N) is 1. The zero-order valence-corrected chi connectivity index (χ0v) is 15.5. The lowest BCUT2D eigenvalue weighted by Gasteiger charge is -2.19. The number of ether oxygens (including phenoxy) is 1. The second kappa shape index (κ2) is 8.18. The third-order valence-corrected chi connectivity index (χ3v) is 6.12. The van der Waals surface area contributed by atoms with Gasteiger partial charge in [0.25, 0.3) is 5.91 Å². The number of carbonyl (C=O) groups is 2. The Morgan fingerprint density at radius 1 is 1.04 bits per heavy atom. The molecule has 2 fully saturated rings. The summed E-state index contributed by atoms with van der Waals surface area (Å²) in [7, 11) is -3.55. The predicted molar refractivity (Wildman–Crippen MR) is 95.1 cm³/mol. The van der Waals surface area contributed by atoms with Crippen LogP contribution in [-0.4, -0.2) is 50.9 Å². The molecule has 1 aromatic carbocycles. The first-order valence-corrected chi connectivity index (χ1v) is 10.5. The normalized spacial score (nSPS) is 18.2. The molecule has 1 saturated carbocycles. The highest BCUT2D eigenvalue weighted by molar-refractivity contribution is 7.89. The lowest BCUT2D eigenvalue weighted by molar-refractivity contribution is -0.134. The van der Waals surface area contributed by atoms with Crippen molar-refractivity contribution in [3.8, 4) is 0 Å². The number of sulfonamides is 1. The second-order valence-corrected chi connectivity index (χ2v) is 8.51. The third kappa shape index (κ3) is 5.04. The molecule has 0 bridgehead atoms. The summed E-state index contributed by atoms with van der Waals surface area (Å²) < 4.78 is 31.9. The Kier molecular flexibility index (Phi) is 5.93. The van der Waals surface area contributed by atoms with E-state index in [1.54, 1.807) is 4.90 Å². The van der Waals surface area contributed by atoms with Crippen molar-refractivity contribution in [3.05, 3.63) is 29.8 Å². The van der Waals surface area contributed by atoms with Crippen LogP contribution in [0.15, 0.2) is 29.2 Å². The van der Waals surface area contributed by atoms with E-state index in [1.165, 1.54) is 24.3 Å². The van der Waals surface area contributed by atoms with Crippen LogP contribution in [0.25, 0.3) is 0 Å². The number of hydrogen-bond donors (Lipinski definition) is 1. The molecule has 1 aromatic rings. The van der Waals surface area contributed by atoms with Crippen LogP contribution in [0.2, 0.25) is 0 Å². The number of hydrogen-bond acceptors (Lipinski definition) is 5. The summed E-state index contributed by atoms with van der Waals surface area (Å²) in [6, 6.07) is 5.57. The Balaban J connectivity index is 1.53. The molecular weight excluding hydrogens is 356 g/mol. The summed E-state index contributed by atoms with van der Waals surface area (Å²) in [5, 5.41) is 0. The maximum absolute atomic E-state index is 12.1. The zero-order valence-electron chi connectivity index (χ0n) is 14.6. The Labute approximate surface area is 153 Å². The maximum Gasteiger partial charge on any atom is 0.338 e. The number of amides is 1. The van der Waals surface area contributed by atoms with Crippen molar-refractivity contribution in [2.24, 2.45) is 0 Å². The van der Waals surface area contributed by atoms with E-state index < -0.39 is 16.0 Å². The monoisotopic (exact) mass is 380 g/mol. The second-order valence-electron chi connectivity index (χ2n) is 6.79. The minimum Gasteiger partial charge on any atom is -0.452 e. The zero-order chi connectivity index (χ0) is 18.6. The number of rotatable bonds is 6. The first-order valence-electron chi connectivity index (χ1n) is 9.03. The Hall–Kier alpha value is -1.93. The van der Waals surface area contributed by atoms with Gasteiger partial charge in [0.05, 0.1) is 10.5 Å². The van der Waals surface area contributed by atoms with Gasteiger partial charge in [0.1, 0.15) is 0 Å². The van der Waals surface area contributed by atoms with Gasteiger partial charge in [0.2, 0.25) is 10.0 Å². The molecule has 7 nitrogen and oxygen atoms in total. The van der Waals surface area contributed by atoms with E-state index in [4.69, 9.17) is 4.74 Å². The van der Waals surface area contributed by atoms with Crippen molar-refractivity contribution in [3.63, 3.8) is 0 Å². The van der Waals surface area contributed by atoms with Crippen LogP contribution >= 0.6 is 0 Å². The van der Waals surface area contributed by atoms with Gasteiger partial charge in [0.15, 0.2) is 6.61 Å². The minimum absolute atomic E-state index is 0.0228. The van der Waals surface area contributed by atoms with E-state index in [9.17, 15) is 18.0 Å². The van der Waals surface area contributed by atoms with Crippen LogP contribution in [0.3, 0.4) is 0 Å². The molecule has 1 aliphatic heterocycles. The van der Waals surface area contributed by atoms with Crippen molar-refractivity contribution in [1.29, 1.82) is 0 Å². The molecular formula is C18H24N2O5S. The highest BCUT2D eigenvalue weighted by Crippen LogP contribution is 2.22. The summed E-state index contributed by atoms with van der Waals surface area (Å²) in [5.74, 6) is -0.819. The van der Waals surface area contributed by atoms with Gasteiger partial charge in [-0.05, 0) is 49.9 Å². The smallest absolute Gasteiger partial charge is 0.338 e. The van der Waals surface area contributed by atoms with Crippen molar-refractivity contribution in [2.45, 2.75) is 49.5 Å². The number of carbonyl (C=O) groups excluding carboxylic acids is 2. The van der Waals surface area contributed by atoms with E-state index in [-0.39, 0.29) is 29.0 Å². The van der Waals surface area contributed by atoms with Crippen LogP contribution in [0.1, 0.15) is 48.9 Å². The highest BCUT2D eigenvalue weighted by atomic mass is 32.2. The minimum atomic E-state index is -3.55. The Bertz CT molecular complexity index is 748. The molecule has 2 aliphatic rings. The van der Waals surface area contributed by atoms with Crippen LogP contribution in [0.4, 0.5) is 0 Å². The first-order chi connectivity index (χ1) is 12.5. The fraction of sp³-hybridized carbons (Fsp3) is 0.556. The van der Waals surface area contributed by atoms with Crippen LogP contribution in [-0.2, 0) is 19.6 Å². The number of nitrogens with one attached hydrogen (secondary N) is 1. The number of likely N-dealkylation sites (tertiary alicyclic amines) is 1. The average Bonchev–Trinajstić information content (AvgIpc) is 3.46. The molecule has 1 saturated heterocycles. The van der Waals surface area contributed by atoms with Gasteiger partial charge in [-0.25, -0.2) is 17.9 Å². The maximum atomic E-state index is 12.1. The topological polar surface area (TPSA) is 92.8 Å². The molecule has 0 unspecified atom stereocenters. The van der Waals surface area contributed by atoms with Crippen LogP contribution < -0.4 is 4.72 Å². The van der Waals surface area contributed by atoms with Gasteiger partial charge in [-0.2, -0.15) is 0 Å². The molecule has 26 heavy (non-hydrogen) atoms. The summed E-state index contributed by atoms with van der Waals surface area (Å²) in [6.07, 6.45) is 5.90. The quantitative estimate of drug-likeness (QED) is 0.758. The lowest BCUT2D eigenvalue weighted by Crippen LogP contribution is -2.35. The SMILES string of the molecule is O=C(OCC(=O)N1CCCCCC1)c1ccc(S(=O)(=O)NC2CC2)cc1. The number of benzene rings is 1. The molecule has 0 atom stereocenters.